The zero-order chi connectivity index (χ0) is 12.3. The second-order valence-corrected chi connectivity index (χ2v) is 5.25. The van der Waals surface area contributed by atoms with Crippen LogP contribution < -0.4 is 5.73 Å². The molecule has 1 aliphatic heterocycles. The zero-order valence-corrected chi connectivity index (χ0v) is 10.9. The summed E-state index contributed by atoms with van der Waals surface area (Å²) in [4.78, 5) is 16.2. The quantitative estimate of drug-likeness (QED) is 0.762. The molecule has 0 saturated carbocycles. The SMILES string of the molecule is CC(C)CN1C(C)CN(C)C(=O)C1CCN. The number of nitrogens with zero attached hydrogens (tertiary/aromatic N) is 2. The average molecular weight is 227 g/mol. The molecule has 94 valence electrons. The summed E-state index contributed by atoms with van der Waals surface area (Å²) in [5, 5.41) is 0. The van der Waals surface area contributed by atoms with Crippen LogP contribution >= 0.6 is 0 Å². The standard InChI is InChI=1S/C12H25N3O/c1-9(2)7-15-10(3)8-14(4)12(16)11(15)5-6-13/h9-11H,5-8,13H2,1-4H3. The largest absolute Gasteiger partial charge is 0.343 e. The highest BCUT2D eigenvalue weighted by atomic mass is 16.2. The van der Waals surface area contributed by atoms with E-state index in [1.165, 1.54) is 0 Å². The molecule has 16 heavy (non-hydrogen) atoms. The van der Waals surface area contributed by atoms with E-state index in [0.717, 1.165) is 19.5 Å². The van der Waals surface area contributed by atoms with Crippen LogP contribution in [0, 0.1) is 5.92 Å². The van der Waals surface area contributed by atoms with Crippen molar-refractivity contribution in [1.82, 2.24) is 9.80 Å². The van der Waals surface area contributed by atoms with Gasteiger partial charge in [0.15, 0.2) is 0 Å². The molecule has 1 heterocycles. The average Bonchev–Trinajstić information content (AvgIpc) is 2.19. The Hall–Kier alpha value is -0.610. The third-order valence-corrected chi connectivity index (χ3v) is 3.18. The molecule has 1 saturated heterocycles. The first-order valence-corrected chi connectivity index (χ1v) is 6.18. The smallest absolute Gasteiger partial charge is 0.239 e. The van der Waals surface area contributed by atoms with Crippen LogP contribution in [0.5, 0.6) is 0 Å². The lowest BCUT2D eigenvalue weighted by Crippen LogP contribution is -2.60. The lowest BCUT2D eigenvalue weighted by Gasteiger charge is -2.44. The van der Waals surface area contributed by atoms with Crippen LogP contribution in [0.25, 0.3) is 0 Å². The summed E-state index contributed by atoms with van der Waals surface area (Å²) in [6.45, 7) is 8.95. The van der Waals surface area contributed by atoms with Crippen molar-refractivity contribution in [3.05, 3.63) is 0 Å². The van der Waals surface area contributed by atoms with Crippen molar-refractivity contribution in [2.75, 3.05) is 26.7 Å². The fourth-order valence-electron chi connectivity index (χ4n) is 2.47. The van der Waals surface area contributed by atoms with Crippen molar-refractivity contribution in [3.8, 4) is 0 Å². The number of nitrogens with two attached hydrogens (primary N) is 1. The Morgan fingerprint density at radius 2 is 2.12 bits per heavy atom. The Balaban J connectivity index is 2.78. The van der Waals surface area contributed by atoms with Crippen molar-refractivity contribution in [2.24, 2.45) is 11.7 Å². The molecule has 1 amide bonds. The molecule has 1 fully saturated rings. The highest BCUT2D eigenvalue weighted by Gasteiger charge is 2.36. The van der Waals surface area contributed by atoms with Crippen LogP contribution in [0.15, 0.2) is 0 Å². The Morgan fingerprint density at radius 3 is 2.62 bits per heavy atom. The minimum Gasteiger partial charge on any atom is -0.343 e. The van der Waals surface area contributed by atoms with E-state index in [1.807, 2.05) is 11.9 Å². The molecular formula is C12H25N3O. The van der Waals surface area contributed by atoms with Gasteiger partial charge in [0, 0.05) is 26.2 Å². The topological polar surface area (TPSA) is 49.6 Å². The second-order valence-electron chi connectivity index (χ2n) is 5.25. The third kappa shape index (κ3) is 2.95. The van der Waals surface area contributed by atoms with Gasteiger partial charge in [-0.15, -0.1) is 0 Å². The van der Waals surface area contributed by atoms with Crippen LogP contribution in [0.3, 0.4) is 0 Å². The van der Waals surface area contributed by atoms with Crippen LogP contribution in [0.4, 0.5) is 0 Å². The number of hydrogen-bond acceptors (Lipinski definition) is 3. The first kappa shape index (κ1) is 13.5. The molecule has 0 aromatic heterocycles. The third-order valence-electron chi connectivity index (χ3n) is 3.18. The first-order chi connectivity index (χ1) is 7.47. The van der Waals surface area contributed by atoms with E-state index >= 15 is 0 Å². The summed E-state index contributed by atoms with van der Waals surface area (Å²) < 4.78 is 0. The zero-order valence-electron chi connectivity index (χ0n) is 10.9. The molecule has 0 radical (unpaired) electrons. The summed E-state index contributed by atoms with van der Waals surface area (Å²) in [7, 11) is 1.88. The molecule has 1 aliphatic rings. The number of amides is 1. The number of carbonyl (C=O) groups is 1. The molecule has 0 bridgehead atoms. The Labute approximate surface area is 98.8 Å². The molecule has 0 aromatic rings. The molecule has 2 atom stereocenters. The normalized spacial score (nSPS) is 27.9. The minimum absolute atomic E-state index is 0.0128. The van der Waals surface area contributed by atoms with E-state index in [9.17, 15) is 4.79 Å². The van der Waals surface area contributed by atoms with Crippen molar-refractivity contribution in [3.63, 3.8) is 0 Å². The Morgan fingerprint density at radius 1 is 1.50 bits per heavy atom. The Kier molecular flexibility index (Phi) is 4.74. The van der Waals surface area contributed by atoms with Gasteiger partial charge in [-0.2, -0.15) is 0 Å². The van der Waals surface area contributed by atoms with Gasteiger partial charge in [-0.1, -0.05) is 13.8 Å². The summed E-state index contributed by atoms with van der Waals surface area (Å²) in [6.07, 6.45) is 0.764. The highest BCUT2D eigenvalue weighted by molar-refractivity contribution is 5.82. The highest BCUT2D eigenvalue weighted by Crippen LogP contribution is 2.19. The van der Waals surface area contributed by atoms with Crippen LogP contribution in [-0.2, 0) is 4.79 Å². The van der Waals surface area contributed by atoms with Crippen molar-refractivity contribution in [1.29, 1.82) is 0 Å². The molecule has 4 nitrogen and oxygen atoms in total. The molecule has 0 aliphatic carbocycles. The summed E-state index contributed by atoms with van der Waals surface area (Å²) in [5.74, 6) is 0.808. The van der Waals surface area contributed by atoms with Crippen LogP contribution in [-0.4, -0.2) is 54.5 Å². The number of hydrogen-bond donors (Lipinski definition) is 1. The fraction of sp³-hybridized carbons (Fsp3) is 0.917. The maximum Gasteiger partial charge on any atom is 0.239 e. The lowest BCUT2D eigenvalue weighted by atomic mass is 10.0. The van der Waals surface area contributed by atoms with Gasteiger partial charge in [-0.05, 0) is 25.8 Å². The van der Waals surface area contributed by atoms with E-state index in [0.29, 0.717) is 18.5 Å². The summed E-state index contributed by atoms with van der Waals surface area (Å²) in [5.41, 5.74) is 5.61. The number of rotatable bonds is 4. The maximum absolute atomic E-state index is 12.1. The van der Waals surface area contributed by atoms with Crippen molar-refractivity contribution >= 4 is 5.91 Å². The monoisotopic (exact) mass is 227 g/mol. The van der Waals surface area contributed by atoms with Gasteiger partial charge in [0.2, 0.25) is 5.91 Å². The van der Waals surface area contributed by atoms with E-state index in [1.54, 1.807) is 0 Å². The van der Waals surface area contributed by atoms with Gasteiger partial charge in [0.25, 0.3) is 0 Å². The second kappa shape index (κ2) is 5.64. The number of carbonyl (C=O) groups excluding carboxylic acids is 1. The molecule has 4 heteroatoms. The number of piperazine rings is 1. The van der Waals surface area contributed by atoms with Gasteiger partial charge in [0.05, 0.1) is 6.04 Å². The maximum atomic E-state index is 12.1. The van der Waals surface area contributed by atoms with Gasteiger partial charge in [-0.3, -0.25) is 9.69 Å². The van der Waals surface area contributed by atoms with Gasteiger partial charge in [-0.25, -0.2) is 0 Å². The van der Waals surface area contributed by atoms with Gasteiger partial charge < -0.3 is 10.6 Å². The first-order valence-electron chi connectivity index (χ1n) is 6.18. The van der Waals surface area contributed by atoms with Crippen molar-refractivity contribution in [2.45, 2.75) is 39.3 Å². The van der Waals surface area contributed by atoms with E-state index in [2.05, 4.69) is 25.7 Å². The van der Waals surface area contributed by atoms with Gasteiger partial charge >= 0.3 is 0 Å². The predicted molar refractivity (Wildman–Crippen MR) is 66.1 cm³/mol. The van der Waals surface area contributed by atoms with Crippen LogP contribution in [0.1, 0.15) is 27.2 Å². The Bertz CT molecular complexity index is 242. The van der Waals surface area contributed by atoms with E-state index in [4.69, 9.17) is 5.73 Å². The molecule has 0 aromatic carbocycles. The molecule has 0 spiro atoms. The minimum atomic E-state index is -0.0128. The fourth-order valence-corrected chi connectivity index (χ4v) is 2.47. The summed E-state index contributed by atoms with van der Waals surface area (Å²) >= 11 is 0. The molecule has 1 rings (SSSR count). The molecule has 2 N–H and O–H groups in total. The lowest BCUT2D eigenvalue weighted by molar-refractivity contribution is -0.143. The van der Waals surface area contributed by atoms with E-state index < -0.39 is 0 Å². The molecular weight excluding hydrogens is 202 g/mol. The predicted octanol–water partition coefficient (Wildman–Crippen LogP) is 0.522. The van der Waals surface area contributed by atoms with Crippen molar-refractivity contribution < 1.29 is 4.79 Å². The summed E-state index contributed by atoms with van der Waals surface area (Å²) in [6, 6.07) is 0.419. The molecule has 2 unspecified atom stereocenters. The van der Waals surface area contributed by atoms with E-state index in [-0.39, 0.29) is 11.9 Å². The number of likely N-dealkylation sites (N-methyl/N-ethyl adjacent to an activating group) is 1. The van der Waals surface area contributed by atoms with Crippen LogP contribution in [0.2, 0.25) is 0 Å². The van der Waals surface area contributed by atoms with Gasteiger partial charge in [0.1, 0.15) is 0 Å².